The van der Waals surface area contributed by atoms with Crippen molar-refractivity contribution in [3.8, 4) is 17.2 Å². The first kappa shape index (κ1) is 14.0. The van der Waals surface area contributed by atoms with Gasteiger partial charge in [0, 0.05) is 41.6 Å². The minimum Gasteiger partial charge on any atom is -0.366 e. The summed E-state index contributed by atoms with van der Waals surface area (Å²) in [6, 6.07) is 9.90. The normalized spacial score (nSPS) is 10.6. The predicted molar refractivity (Wildman–Crippen MR) is 90.0 cm³/mol. The van der Waals surface area contributed by atoms with E-state index in [-0.39, 0.29) is 0 Å². The molecule has 0 aromatic carbocycles. The van der Waals surface area contributed by atoms with Gasteiger partial charge < -0.3 is 10.3 Å². The molecule has 7 nitrogen and oxygen atoms in total. The van der Waals surface area contributed by atoms with Crippen molar-refractivity contribution in [3.63, 3.8) is 0 Å². The van der Waals surface area contributed by atoms with Crippen LogP contribution in [0.1, 0.15) is 11.3 Å². The summed E-state index contributed by atoms with van der Waals surface area (Å²) in [5, 5.41) is 20.2. The predicted octanol–water partition coefficient (Wildman–Crippen LogP) is 2.83. The molecular formula is C17H13N7. The monoisotopic (exact) mass is 315 g/mol. The quantitative estimate of drug-likeness (QED) is 0.537. The highest BCUT2D eigenvalue weighted by Gasteiger charge is 2.13. The Balaban J connectivity index is 1.74. The molecule has 0 spiro atoms. The fraction of sp³-hybridized carbons (Fsp3) is 0.0588. The van der Waals surface area contributed by atoms with Gasteiger partial charge in [0.2, 0.25) is 0 Å². The van der Waals surface area contributed by atoms with Crippen molar-refractivity contribution >= 4 is 16.9 Å². The third-order valence-electron chi connectivity index (χ3n) is 3.77. The zero-order valence-electron chi connectivity index (χ0n) is 12.6. The number of aromatic nitrogens is 5. The summed E-state index contributed by atoms with van der Waals surface area (Å²) < 4.78 is 0. The first-order chi connectivity index (χ1) is 11.8. The lowest BCUT2D eigenvalue weighted by Crippen LogP contribution is -2.02. The molecule has 0 radical (unpaired) electrons. The lowest BCUT2D eigenvalue weighted by Gasteiger charge is -2.08. The van der Waals surface area contributed by atoms with Gasteiger partial charge in [0.1, 0.15) is 23.2 Å². The van der Waals surface area contributed by atoms with E-state index in [0.29, 0.717) is 18.1 Å². The zero-order chi connectivity index (χ0) is 16.4. The van der Waals surface area contributed by atoms with Crippen molar-refractivity contribution < 1.29 is 0 Å². The number of pyridine rings is 2. The number of nitrogens with zero attached hydrogens (tertiary/aromatic N) is 4. The summed E-state index contributed by atoms with van der Waals surface area (Å²) in [5.41, 5.74) is 3.91. The highest BCUT2D eigenvalue weighted by Crippen LogP contribution is 2.31. The molecular weight excluding hydrogens is 302 g/mol. The van der Waals surface area contributed by atoms with E-state index >= 15 is 0 Å². The van der Waals surface area contributed by atoms with Crippen LogP contribution in [0.5, 0.6) is 0 Å². The van der Waals surface area contributed by atoms with Gasteiger partial charge in [-0.15, -0.1) is 0 Å². The van der Waals surface area contributed by atoms with Gasteiger partial charge in [0.05, 0.1) is 6.20 Å². The third kappa shape index (κ3) is 2.46. The maximum atomic E-state index is 9.25. The summed E-state index contributed by atoms with van der Waals surface area (Å²) >= 11 is 0. The van der Waals surface area contributed by atoms with Crippen LogP contribution < -0.4 is 5.32 Å². The van der Waals surface area contributed by atoms with Crippen molar-refractivity contribution in [1.29, 1.82) is 5.26 Å². The van der Waals surface area contributed by atoms with Crippen LogP contribution in [0, 0.1) is 11.3 Å². The third-order valence-corrected chi connectivity index (χ3v) is 3.77. The Bertz CT molecular complexity index is 1020. The second-order valence-corrected chi connectivity index (χ2v) is 5.28. The summed E-state index contributed by atoms with van der Waals surface area (Å²) in [4.78, 5) is 11.8. The van der Waals surface area contributed by atoms with E-state index in [9.17, 15) is 5.26 Å². The van der Waals surface area contributed by atoms with E-state index in [0.717, 1.165) is 27.7 Å². The van der Waals surface area contributed by atoms with E-state index in [2.05, 4.69) is 36.5 Å². The van der Waals surface area contributed by atoms with E-state index in [1.165, 1.54) is 0 Å². The molecule has 0 fully saturated rings. The van der Waals surface area contributed by atoms with Crippen LogP contribution >= 0.6 is 0 Å². The van der Waals surface area contributed by atoms with Gasteiger partial charge in [-0.1, -0.05) is 6.07 Å². The first-order valence-corrected chi connectivity index (χ1v) is 7.40. The van der Waals surface area contributed by atoms with E-state index < -0.39 is 0 Å². The van der Waals surface area contributed by atoms with Crippen molar-refractivity contribution in [2.24, 2.45) is 0 Å². The number of rotatable bonds is 4. The van der Waals surface area contributed by atoms with Gasteiger partial charge in [-0.05, 0) is 23.8 Å². The number of aromatic amines is 2. The Labute approximate surface area is 137 Å². The second-order valence-electron chi connectivity index (χ2n) is 5.28. The Morgan fingerprint density at radius 3 is 3.00 bits per heavy atom. The van der Waals surface area contributed by atoms with Crippen LogP contribution in [-0.2, 0) is 6.54 Å². The molecule has 0 amide bonds. The molecule has 0 aliphatic heterocycles. The number of anilines is 1. The molecule has 4 aromatic rings. The standard InChI is InChI=1S/C17H13N7/c18-7-15-14(10-22-24-15)13-6-16(23-17-12(13)3-5-20-17)21-9-11-2-1-4-19-8-11/h1-6,8,10H,9H2,(H,22,24)(H2,20,21,23). The van der Waals surface area contributed by atoms with Gasteiger partial charge in [0.15, 0.2) is 0 Å². The molecule has 0 bridgehead atoms. The lowest BCUT2D eigenvalue weighted by atomic mass is 10.0. The molecule has 4 aromatic heterocycles. The summed E-state index contributed by atoms with van der Waals surface area (Å²) in [6.45, 7) is 0.614. The summed E-state index contributed by atoms with van der Waals surface area (Å²) in [5.74, 6) is 0.717. The van der Waals surface area contributed by atoms with Crippen LogP contribution in [0.25, 0.3) is 22.2 Å². The van der Waals surface area contributed by atoms with Crippen LogP contribution in [0.2, 0.25) is 0 Å². The van der Waals surface area contributed by atoms with Crippen LogP contribution in [0.3, 0.4) is 0 Å². The number of hydrogen-bond donors (Lipinski definition) is 3. The zero-order valence-corrected chi connectivity index (χ0v) is 12.6. The number of nitrogens with one attached hydrogen (secondary N) is 3. The average Bonchev–Trinajstić information content (AvgIpc) is 3.29. The molecule has 0 aliphatic carbocycles. The molecule has 7 heteroatoms. The van der Waals surface area contributed by atoms with Crippen molar-refractivity contribution in [2.75, 3.05) is 5.32 Å². The highest BCUT2D eigenvalue weighted by molar-refractivity contribution is 5.95. The number of fused-ring (bicyclic) bond motifs is 1. The van der Waals surface area contributed by atoms with E-state index in [4.69, 9.17) is 0 Å². The maximum Gasteiger partial charge on any atom is 0.143 e. The number of hydrogen-bond acceptors (Lipinski definition) is 5. The van der Waals surface area contributed by atoms with Crippen molar-refractivity contribution in [2.45, 2.75) is 6.54 Å². The summed E-state index contributed by atoms with van der Waals surface area (Å²) in [6.07, 6.45) is 7.04. The Hall–Kier alpha value is -3.66. The molecule has 4 heterocycles. The van der Waals surface area contributed by atoms with Crippen molar-refractivity contribution in [1.82, 2.24) is 25.1 Å². The molecule has 0 atom stereocenters. The van der Waals surface area contributed by atoms with Gasteiger partial charge in [0.25, 0.3) is 0 Å². The summed E-state index contributed by atoms with van der Waals surface area (Å²) in [7, 11) is 0. The Morgan fingerprint density at radius 1 is 1.21 bits per heavy atom. The molecule has 0 saturated carbocycles. The maximum absolute atomic E-state index is 9.25. The van der Waals surface area contributed by atoms with E-state index in [1.54, 1.807) is 12.4 Å². The molecule has 116 valence electrons. The van der Waals surface area contributed by atoms with E-state index in [1.807, 2.05) is 36.7 Å². The Morgan fingerprint density at radius 2 is 2.17 bits per heavy atom. The molecule has 0 saturated heterocycles. The SMILES string of the molecule is N#Cc1[nH]ncc1-c1cc(NCc2cccnc2)nc2[nH]ccc12. The van der Waals surface area contributed by atoms with Gasteiger partial charge >= 0.3 is 0 Å². The van der Waals surface area contributed by atoms with Crippen LogP contribution in [0.4, 0.5) is 5.82 Å². The minimum absolute atomic E-state index is 0.432. The van der Waals surface area contributed by atoms with Gasteiger partial charge in [-0.3, -0.25) is 10.1 Å². The molecule has 0 aliphatic rings. The number of nitriles is 1. The largest absolute Gasteiger partial charge is 0.366 e. The number of H-pyrrole nitrogens is 2. The topological polar surface area (TPSA) is 106 Å². The molecule has 0 unspecified atom stereocenters. The van der Waals surface area contributed by atoms with Crippen LogP contribution in [0.15, 0.2) is 49.1 Å². The molecule has 4 rings (SSSR count). The second kappa shape index (κ2) is 5.85. The van der Waals surface area contributed by atoms with Gasteiger partial charge in [-0.25, -0.2) is 4.98 Å². The average molecular weight is 315 g/mol. The van der Waals surface area contributed by atoms with Crippen LogP contribution in [-0.4, -0.2) is 25.1 Å². The van der Waals surface area contributed by atoms with Crippen molar-refractivity contribution in [3.05, 3.63) is 60.3 Å². The fourth-order valence-electron chi connectivity index (χ4n) is 2.62. The molecule has 3 N–H and O–H groups in total. The molecule has 24 heavy (non-hydrogen) atoms. The lowest BCUT2D eigenvalue weighted by molar-refractivity contribution is 1.07. The first-order valence-electron chi connectivity index (χ1n) is 7.40. The minimum atomic E-state index is 0.432. The smallest absolute Gasteiger partial charge is 0.143 e. The Kier molecular flexibility index (Phi) is 3.41. The van der Waals surface area contributed by atoms with Gasteiger partial charge in [-0.2, -0.15) is 10.4 Å². The fourth-order valence-corrected chi connectivity index (χ4v) is 2.62. The highest BCUT2D eigenvalue weighted by atomic mass is 15.1.